The summed E-state index contributed by atoms with van der Waals surface area (Å²) in [6.07, 6.45) is 2.54. The average molecular weight is 292 g/mol. The van der Waals surface area contributed by atoms with Crippen LogP contribution in [0.2, 0.25) is 0 Å². The molecular formula is C8H8Br2N2. The van der Waals surface area contributed by atoms with Crippen molar-refractivity contribution in [3.05, 3.63) is 24.0 Å². The molecule has 0 aliphatic rings. The maximum absolute atomic E-state index is 8.84. The van der Waals surface area contributed by atoms with Crippen molar-refractivity contribution in [2.75, 3.05) is 5.33 Å². The lowest BCUT2D eigenvalue weighted by atomic mass is 10.1. The number of hydrogen-bond donors (Lipinski definition) is 1. The minimum absolute atomic E-state index is 0.488. The number of alkyl halides is 2. The number of halogens is 2. The van der Waals surface area contributed by atoms with Crippen LogP contribution in [0.5, 0.6) is 0 Å². The van der Waals surface area contributed by atoms with Gasteiger partial charge >= 0.3 is 0 Å². The van der Waals surface area contributed by atoms with Gasteiger partial charge in [0, 0.05) is 23.6 Å². The molecule has 1 heterocycles. The molecule has 64 valence electrons. The number of nitriles is 1. The fourth-order valence-electron chi connectivity index (χ4n) is 0.896. The zero-order valence-corrected chi connectivity index (χ0v) is 9.52. The maximum atomic E-state index is 8.84. The minimum atomic E-state index is -0.488. The van der Waals surface area contributed by atoms with E-state index in [1.165, 1.54) is 0 Å². The Morgan fingerprint density at radius 3 is 2.83 bits per heavy atom. The first-order valence-corrected chi connectivity index (χ1v) is 5.40. The third kappa shape index (κ3) is 2.36. The van der Waals surface area contributed by atoms with Gasteiger partial charge in [0.15, 0.2) is 0 Å². The molecule has 0 fully saturated rings. The highest BCUT2D eigenvalue weighted by atomic mass is 79.9. The highest BCUT2D eigenvalue weighted by Crippen LogP contribution is 2.24. The number of aromatic amines is 1. The lowest BCUT2D eigenvalue weighted by Gasteiger charge is -2.14. The van der Waals surface area contributed by atoms with E-state index in [0.717, 1.165) is 5.69 Å². The Morgan fingerprint density at radius 2 is 2.42 bits per heavy atom. The summed E-state index contributed by atoms with van der Waals surface area (Å²) < 4.78 is -0.488. The SMILES string of the molecule is N#CC(Br)(CBr)Cc1ccc[nH]1. The van der Waals surface area contributed by atoms with Crippen LogP contribution in [0, 0.1) is 11.3 Å². The van der Waals surface area contributed by atoms with Gasteiger partial charge in [-0.25, -0.2) is 0 Å². The van der Waals surface area contributed by atoms with Crippen molar-refractivity contribution < 1.29 is 0 Å². The van der Waals surface area contributed by atoms with Crippen molar-refractivity contribution in [2.24, 2.45) is 0 Å². The summed E-state index contributed by atoms with van der Waals surface area (Å²) in [5, 5.41) is 9.46. The van der Waals surface area contributed by atoms with Gasteiger partial charge in [0.2, 0.25) is 0 Å². The molecule has 4 heteroatoms. The van der Waals surface area contributed by atoms with E-state index >= 15 is 0 Å². The van der Waals surface area contributed by atoms with Crippen LogP contribution in [-0.2, 0) is 6.42 Å². The van der Waals surface area contributed by atoms with Gasteiger partial charge in [0.25, 0.3) is 0 Å². The summed E-state index contributed by atoms with van der Waals surface area (Å²) in [5.41, 5.74) is 1.06. The molecule has 1 N–H and O–H groups in total. The highest BCUT2D eigenvalue weighted by Gasteiger charge is 2.25. The molecule has 1 rings (SSSR count). The second-order valence-corrected chi connectivity index (χ2v) is 4.66. The Bertz CT molecular complexity index is 276. The van der Waals surface area contributed by atoms with Crippen molar-refractivity contribution in [3.63, 3.8) is 0 Å². The Labute approximate surface area is 88.2 Å². The molecule has 0 radical (unpaired) electrons. The van der Waals surface area contributed by atoms with Crippen LogP contribution >= 0.6 is 31.9 Å². The van der Waals surface area contributed by atoms with Crippen LogP contribution in [-0.4, -0.2) is 14.6 Å². The van der Waals surface area contributed by atoms with Crippen molar-refractivity contribution in [1.82, 2.24) is 4.98 Å². The monoisotopic (exact) mass is 290 g/mol. The number of nitrogens with zero attached hydrogens (tertiary/aromatic N) is 1. The van der Waals surface area contributed by atoms with Gasteiger partial charge in [0.05, 0.1) is 6.07 Å². The van der Waals surface area contributed by atoms with Crippen molar-refractivity contribution in [2.45, 2.75) is 10.7 Å². The summed E-state index contributed by atoms with van der Waals surface area (Å²) in [4.78, 5) is 3.06. The quantitative estimate of drug-likeness (QED) is 0.855. The largest absolute Gasteiger partial charge is 0.365 e. The summed E-state index contributed by atoms with van der Waals surface area (Å²) in [7, 11) is 0. The third-order valence-corrected chi connectivity index (χ3v) is 3.99. The predicted molar refractivity (Wildman–Crippen MR) is 55.6 cm³/mol. The number of aromatic nitrogens is 1. The Hall–Kier alpha value is -0.270. The Kier molecular flexibility index (Phi) is 3.36. The summed E-state index contributed by atoms with van der Waals surface area (Å²) in [6.45, 7) is 0. The smallest absolute Gasteiger partial charge is 0.127 e. The molecule has 0 aliphatic carbocycles. The Morgan fingerprint density at radius 1 is 1.67 bits per heavy atom. The number of H-pyrrole nitrogens is 1. The molecule has 0 bridgehead atoms. The normalized spacial score (nSPS) is 15.1. The van der Waals surface area contributed by atoms with Crippen molar-refractivity contribution in [3.8, 4) is 6.07 Å². The zero-order valence-electron chi connectivity index (χ0n) is 6.35. The van der Waals surface area contributed by atoms with E-state index in [9.17, 15) is 0 Å². The molecule has 1 aromatic heterocycles. The van der Waals surface area contributed by atoms with Crippen LogP contribution in [0.15, 0.2) is 18.3 Å². The van der Waals surface area contributed by atoms with Crippen LogP contribution in [0.1, 0.15) is 5.69 Å². The van der Waals surface area contributed by atoms with E-state index in [4.69, 9.17) is 5.26 Å². The summed E-state index contributed by atoms with van der Waals surface area (Å²) in [5.74, 6) is 0. The predicted octanol–water partition coefficient (Wildman–Crippen LogP) is 2.61. The number of rotatable bonds is 3. The molecule has 0 aliphatic heterocycles. The standard InChI is InChI=1S/C8H8Br2N2/c9-5-8(10,6-11)4-7-2-1-3-12-7/h1-3,12H,4-5H2. The lowest BCUT2D eigenvalue weighted by molar-refractivity contribution is 0.811. The van der Waals surface area contributed by atoms with Crippen LogP contribution < -0.4 is 0 Å². The first-order chi connectivity index (χ1) is 5.70. The molecule has 1 unspecified atom stereocenters. The van der Waals surface area contributed by atoms with Crippen LogP contribution in [0.25, 0.3) is 0 Å². The molecule has 0 amide bonds. The molecule has 12 heavy (non-hydrogen) atoms. The summed E-state index contributed by atoms with van der Waals surface area (Å²) in [6, 6.07) is 6.11. The lowest BCUT2D eigenvalue weighted by Crippen LogP contribution is -2.23. The molecule has 2 nitrogen and oxygen atoms in total. The topological polar surface area (TPSA) is 39.6 Å². The van der Waals surface area contributed by atoms with E-state index < -0.39 is 4.32 Å². The summed E-state index contributed by atoms with van der Waals surface area (Å²) >= 11 is 6.67. The van der Waals surface area contributed by atoms with E-state index in [1.54, 1.807) is 0 Å². The third-order valence-electron chi connectivity index (χ3n) is 1.55. The minimum Gasteiger partial charge on any atom is -0.365 e. The van der Waals surface area contributed by atoms with Gasteiger partial charge in [0.1, 0.15) is 4.32 Å². The van der Waals surface area contributed by atoms with E-state index in [2.05, 4.69) is 42.9 Å². The van der Waals surface area contributed by atoms with E-state index in [-0.39, 0.29) is 0 Å². The van der Waals surface area contributed by atoms with Gasteiger partial charge in [-0.3, -0.25) is 0 Å². The van der Waals surface area contributed by atoms with Gasteiger partial charge < -0.3 is 4.98 Å². The number of nitrogens with one attached hydrogen (secondary N) is 1. The van der Waals surface area contributed by atoms with Gasteiger partial charge in [-0.2, -0.15) is 5.26 Å². The molecular weight excluding hydrogens is 284 g/mol. The molecule has 0 saturated carbocycles. The highest BCUT2D eigenvalue weighted by molar-refractivity contribution is 9.12. The fourth-order valence-corrected chi connectivity index (χ4v) is 1.52. The molecule has 0 aromatic carbocycles. The van der Waals surface area contributed by atoms with Crippen molar-refractivity contribution in [1.29, 1.82) is 5.26 Å². The maximum Gasteiger partial charge on any atom is 0.127 e. The molecule has 0 saturated heterocycles. The average Bonchev–Trinajstić information content (AvgIpc) is 2.57. The first kappa shape index (κ1) is 9.82. The van der Waals surface area contributed by atoms with Crippen LogP contribution in [0.3, 0.4) is 0 Å². The number of hydrogen-bond acceptors (Lipinski definition) is 1. The molecule has 1 aromatic rings. The van der Waals surface area contributed by atoms with Gasteiger partial charge in [-0.05, 0) is 12.1 Å². The second-order valence-electron chi connectivity index (χ2n) is 2.58. The fraction of sp³-hybridized carbons (Fsp3) is 0.375. The van der Waals surface area contributed by atoms with Crippen molar-refractivity contribution >= 4 is 31.9 Å². The van der Waals surface area contributed by atoms with Gasteiger partial charge in [-0.15, -0.1) is 0 Å². The molecule has 0 spiro atoms. The van der Waals surface area contributed by atoms with E-state index in [1.807, 2.05) is 18.3 Å². The van der Waals surface area contributed by atoms with E-state index in [0.29, 0.717) is 11.8 Å². The van der Waals surface area contributed by atoms with Gasteiger partial charge in [-0.1, -0.05) is 31.9 Å². The first-order valence-electron chi connectivity index (χ1n) is 3.48. The zero-order chi connectivity index (χ0) is 9.03. The second kappa shape index (κ2) is 4.11. The molecule has 1 atom stereocenters. The Balaban J connectivity index is 2.68. The van der Waals surface area contributed by atoms with Crippen LogP contribution in [0.4, 0.5) is 0 Å².